The maximum absolute atomic E-state index is 10.5. The first-order valence-electron chi connectivity index (χ1n) is 6.46. The average Bonchev–Trinajstić information content (AvgIpc) is 2.38. The van der Waals surface area contributed by atoms with Crippen LogP contribution in [0.3, 0.4) is 0 Å². The molecule has 1 N–H and O–H groups in total. The van der Waals surface area contributed by atoms with E-state index < -0.39 is 5.97 Å². The van der Waals surface area contributed by atoms with Crippen LogP contribution in [0.2, 0.25) is 5.02 Å². The fourth-order valence-corrected chi connectivity index (χ4v) is 2.20. The number of hydrogen-bond acceptors (Lipinski definition) is 2. The number of carboxylic acids is 1. The van der Waals surface area contributed by atoms with E-state index in [0.717, 1.165) is 24.7 Å². The van der Waals surface area contributed by atoms with Gasteiger partial charge < -0.3 is 10.0 Å². The maximum atomic E-state index is 10.5. The molecule has 104 valence electrons. The third-order valence-electron chi connectivity index (χ3n) is 3.18. The SMILES string of the molecule is CCC(C)N(CC)c1ccc(/C=C/C(=O)O)c(Cl)c1. The highest BCUT2D eigenvalue weighted by Gasteiger charge is 2.12. The molecule has 19 heavy (non-hydrogen) atoms. The quantitative estimate of drug-likeness (QED) is 0.799. The third-order valence-corrected chi connectivity index (χ3v) is 3.51. The summed E-state index contributed by atoms with van der Waals surface area (Å²) in [5.41, 5.74) is 1.78. The third kappa shape index (κ3) is 4.28. The normalized spacial score (nSPS) is 12.6. The molecule has 1 aromatic rings. The Kier molecular flexibility index (Phi) is 5.90. The van der Waals surface area contributed by atoms with Crippen LogP contribution in [0, 0.1) is 0 Å². The van der Waals surface area contributed by atoms with E-state index in [9.17, 15) is 4.79 Å². The van der Waals surface area contributed by atoms with Gasteiger partial charge in [0.2, 0.25) is 0 Å². The molecule has 0 saturated carbocycles. The van der Waals surface area contributed by atoms with E-state index in [1.807, 2.05) is 18.2 Å². The lowest BCUT2D eigenvalue weighted by molar-refractivity contribution is -0.131. The average molecular weight is 282 g/mol. The molecule has 0 aliphatic rings. The molecule has 0 radical (unpaired) electrons. The topological polar surface area (TPSA) is 40.5 Å². The predicted octanol–water partition coefficient (Wildman–Crippen LogP) is 4.06. The second-order valence-electron chi connectivity index (χ2n) is 4.42. The second kappa shape index (κ2) is 7.19. The van der Waals surface area contributed by atoms with Gasteiger partial charge in [-0.15, -0.1) is 0 Å². The number of carbonyl (C=O) groups is 1. The molecule has 3 nitrogen and oxygen atoms in total. The van der Waals surface area contributed by atoms with Crippen molar-refractivity contribution in [1.82, 2.24) is 0 Å². The second-order valence-corrected chi connectivity index (χ2v) is 4.83. The lowest BCUT2D eigenvalue weighted by Gasteiger charge is -2.29. The Bertz CT molecular complexity index is 471. The predicted molar refractivity (Wildman–Crippen MR) is 80.9 cm³/mol. The zero-order chi connectivity index (χ0) is 14.4. The molecule has 0 aromatic heterocycles. The molecular formula is C15H20ClNO2. The summed E-state index contributed by atoms with van der Waals surface area (Å²) in [6, 6.07) is 6.16. The molecule has 0 bridgehead atoms. The Morgan fingerprint density at radius 1 is 1.47 bits per heavy atom. The summed E-state index contributed by atoms with van der Waals surface area (Å²) in [5.74, 6) is -0.977. The van der Waals surface area contributed by atoms with Crippen LogP contribution < -0.4 is 4.90 Å². The summed E-state index contributed by atoms with van der Waals surface area (Å²) in [6.45, 7) is 7.35. The number of rotatable bonds is 6. The van der Waals surface area contributed by atoms with E-state index in [2.05, 4.69) is 25.7 Å². The molecule has 0 spiro atoms. The van der Waals surface area contributed by atoms with Gasteiger partial charge in [0.05, 0.1) is 0 Å². The first-order valence-corrected chi connectivity index (χ1v) is 6.84. The monoisotopic (exact) mass is 281 g/mol. The Morgan fingerprint density at radius 3 is 2.63 bits per heavy atom. The van der Waals surface area contributed by atoms with Gasteiger partial charge in [0, 0.05) is 29.4 Å². The molecule has 0 amide bonds. The van der Waals surface area contributed by atoms with Crippen molar-refractivity contribution in [3.05, 3.63) is 34.9 Å². The lowest BCUT2D eigenvalue weighted by Crippen LogP contribution is -2.32. The molecule has 1 atom stereocenters. The number of aliphatic carboxylic acids is 1. The molecule has 0 fully saturated rings. The minimum Gasteiger partial charge on any atom is -0.478 e. The summed E-state index contributed by atoms with van der Waals surface area (Å²) in [6.07, 6.45) is 3.66. The number of hydrogen-bond donors (Lipinski definition) is 1. The molecule has 1 rings (SSSR count). The minimum absolute atomic E-state index is 0.446. The van der Waals surface area contributed by atoms with Crippen molar-refractivity contribution in [2.24, 2.45) is 0 Å². The van der Waals surface area contributed by atoms with Gasteiger partial charge in [-0.25, -0.2) is 4.79 Å². The van der Waals surface area contributed by atoms with E-state index >= 15 is 0 Å². The van der Waals surface area contributed by atoms with Gasteiger partial charge in [-0.2, -0.15) is 0 Å². The number of benzene rings is 1. The molecule has 4 heteroatoms. The lowest BCUT2D eigenvalue weighted by atomic mass is 10.1. The van der Waals surface area contributed by atoms with Crippen LogP contribution in [0.4, 0.5) is 5.69 Å². The molecular weight excluding hydrogens is 262 g/mol. The van der Waals surface area contributed by atoms with Gasteiger partial charge in [0.1, 0.15) is 0 Å². The number of halogens is 1. The molecule has 0 heterocycles. The van der Waals surface area contributed by atoms with Gasteiger partial charge in [-0.05, 0) is 44.0 Å². The van der Waals surface area contributed by atoms with Crippen molar-refractivity contribution in [2.45, 2.75) is 33.2 Å². The van der Waals surface area contributed by atoms with Crippen LogP contribution in [0.25, 0.3) is 6.08 Å². The fourth-order valence-electron chi connectivity index (χ4n) is 1.96. The summed E-state index contributed by atoms with van der Waals surface area (Å²) < 4.78 is 0. The number of anilines is 1. The summed E-state index contributed by atoms with van der Waals surface area (Å²) >= 11 is 6.19. The molecule has 1 aromatic carbocycles. The Balaban J connectivity index is 3.01. The van der Waals surface area contributed by atoms with Gasteiger partial charge >= 0.3 is 5.97 Å². The van der Waals surface area contributed by atoms with Crippen LogP contribution in [-0.2, 0) is 4.79 Å². The van der Waals surface area contributed by atoms with Gasteiger partial charge in [-0.1, -0.05) is 24.6 Å². The first kappa shape index (κ1) is 15.6. The Hall–Kier alpha value is -1.48. The van der Waals surface area contributed by atoms with E-state index in [-0.39, 0.29) is 0 Å². The van der Waals surface area contributed by atoms with Crippen molar-refractivity contribution < 1.29 is 9.90 Å². The maximum Gasteiger partial charge on any atom is 0.328 e. The zero-order valence-corrected chi connectivity index (χ0v) is 12.3. The van der Waals surface area contributed by atoms with Crippen molar-refractivity contribution >= 4 is 29.3 Å². The van der Waals surface area contributed by atoms with Crippen molar-refractivity contribution in [1.29, 1.82) is 0 Å². The Labute approximate surface area is 119 Å². The summed E-state index contributed by atoms with van der Waals surface area (Å²) in [4.78, 5) is 12.8. The van der Waals surface area contributed by atoms with Crippen LogP contribution in [0.15, 0.2) is 24.3 Å². The Morgan fingerprint density at radius 2 is 2.16 bits per heavy atom. The molecule has 0 aliphatic heterocycles. The van der Waals surface area contributed by atoms with E-state index in [4.69, 9.17) is 16.7 Å². The highest BCUT2D eigenvalue weighted by atomic mass is 35.5. The van der Waals surface area contributed by atoms with E-state index in [1.165, 1.54) is 6.08 Å². The zero-order valence-electron chi connectivity index (χ0n) is 11.6. The minimum atomic E-state index is -0.977. The summed E-state index contributed by atoms with van der Waals surface area (Å²) in [7, 11) is 0. The van der Waals surface area contributed by atoms with Crippen LogP contribution in [-0.4, -0.2) is 23.7 Å². The molecule has 0 saturated heterocycles. The van der Waals surface area contributed by atoms with Gasteiger partial charge in [0.15, 0.2) is 0 Å². The molecule has 1 unspecified atom stereocenters. The highest BCUT2D eigenvalue weighted by molar-refractivity contribution is 6.32. The highest BCUT2D eigenvalue weighted by Crippen LogP contribution is 2.26. The largest absolute Gasteiger partial charge is 0.478 e. The number of nitrogens with zero attached hydrogens (tertiary/aromatic N) is 1. The van der Waals surface area contributed by atoms with Crippen LogP contribution in [0.1, 0.15) is 32.8 Å². The first-order chi connectivity index (χ1) is 8.99. The standard InChI is InChI=1S/C15H20ClNO2/c1-4-11(3)17(5-2)13-8-6-12(14(16)10-13)7-9-15(18)19/h6-11H,4-5H2,1-3H3,(H,18,19)/b9-7+. The van der Waals surface area contributed by atoms with Crippen molar-refractivity contribution in [3.8, 4) is 0 Å². The van der Waals surface area contributed by atoms with E-state index in [0.29, 0.717) is 16.6 Å². The van der Waals surface area contributed by atoms with E-state index in [1.54, 1.807) is 0 Å². The smallest absolute Gasteiger partial charge is 0.328 e. The summed E-state index contributed by atoms with van der Waals surface area (Å²) in [5, 5.41) is 9.18. The number of carboxylic acid groups (broad SMARTS) is 1. The van der Waals surface area contributed by atoms with Crippen molar-refractivity contribution in [3.63, 3.8) is 0 Å². The van der Waals surface area contributed by atoms with Crippen LogP contribution >= 0.6 is 11.6 Å². The van der Waals surface area contributed by atoms with Crippen molar-refractivity contribution in [2.75, 3.05) is 11.4 Å². The van der Waals surface area contributed by atoms with Gasteiger partial charge in [0.25, 0.3) is 0 Å². The molecule has 0 aliphatic carbocycles. The fraction of sp³-hybridized carbons (Fsp3) is 0.400. The van der Waals surface area contributed by atoms with Gasteiger partial charge in [-0.3, -0.25) is 0 Å². The van der Waals surface area contributed by atoms with Crippen LogP contribution in [0.5, 0.6) is 0 Å².